The topological polar surface area (TPSA) is 81.2 Å². The second kappa shape index (κ2) is 6.60. The van der Waals surface area contributed by atoms with Gasteiger partial charge in [0.1, 0.15) is 0 Å². The number of hydrogen-bond donors (Lipinski definition) is 2. The van der Waals surface area contributed by atoms with Gasteiger partial charge in [-0.05, 0) is 29.7 Å². The number of benzene rings is 2. The fourth-order valence-corrected chi connectivity index (χ4v) is 2.80. The minimum atomic E-state index is -0.424. The lowest BCUT2D eigenvalue weighted by Gasteiger charge is -2.08. The first-order valence-electron chi connectivity index (χ1n) is 6.53. The molecule has 0 aliphatic heterocycles. The molecule has 0 aromatic heterocycles. The van der Waals surface area contributed by atoms with E-state index in [2.05, 4.69) is 31.4 Å². The first-order valence-corrected chi connectivity index (χ1v) is 7.35. The van der Waals surface area contributed by atoms with Crippen LogP contribution < -0.4 is 11.3 Å². The predicted octanol–water partition coefficient (Wildman–Crippen LogP) is 4.16. The quantitative estimate of drug-likeness (QED) is 0.492. The number of nitrogen functional groups attached to an aromatic ring is 1. The summed E-state index contributed by atoms with van der Waals surface area (Å²) in [7, 11) is 0. The Balaban J connectivity index is 2.26. The zero-order valence-corrected chi connectivity index (χ0v) is 12.7. The minimum absolute atomic E-state index is 0.0201. The number of nitrogens with two attached hydrogens (primary N) is 1. The molecule has 2 rings (SSSR count). The average molecular weight is 303 g/mol. The SMILES string of the molecule is CC(C)c1ccc(Sc2cc(NN)cc([N+](=O)[O-])c2)cc1. The van der Waals surface area contributed by atoms with E-state index in [-0.39, 0.29) is 5.69 Å². The normalized spacial score (nSPS) is 10.7. The van der Waals surface area contributed by atoms with Crippen molar-refractivity contribution in [3.05, 3.63) is 58.1 Å². The van der Waals surface area contributed by atoms with E-state index in [1.165, 1.54) is 23.4 Å². The minimum Gasteiger partial charge on any atom is -0.324 e. The van der Waals surface area contributed by atoms with Crippen LogP contribution in [0.4, 0.5) is 11.4 Å². The molecule has 110 valence electrons. The van der Waals surface area contributed by atoms with Crippen LogP contribution in [0, 0.1) is 10.1 Å². The van der Waals surface area contributed by atoms with Crippen LogP contribution in [0.2, 0.25) is 0 Å². The standard InChI is InChI=1S/C15H17N3O2S/c1-10(2)11-3-5-14(6-4-11)21-15-8-12(17-16)7-13(9-15)18(19)20/h3-10,17H,16H2,1-2H3. The number of hydrogen-bond acceptors (Lipinski definition) is 5. The van der Waals surface area contributed by atoms with Crippen LogP contribution in [0.5, 0.6) is 0 Å². The Hall–Kier alpha value is -2.05. The number of nitro groups is 1. The van der Waals surface area contributed by atoms with E-state index in [4.69, 9.17) is 5.84 Å². The maximum Gasteiger partial charge on any atom is 0.272 e. The number of non-ortho nitro benzene ring substituents is 1. The molecule has 0 amide bonds. The van der Waals surface area contributed by atoms with E-state index in [0.29, 0.717) is 11.6 Å². The summed E-state index contributed by atoms with van der Waals surface area (Å²) in [6.45, 7) is 4.28. The van der Waals surface area contributed by atoms with Crippen LogP contribution in [0.25, 0.3) is 0 Å². The molecule has 0 atom stereocenters. The van der Waals surface area contributed by atoms with Gasteiger partial charge in [-0.3, -0.25) is 16.0 Å². The second-order valence-electron chi connectivity index (χ2n) is 4.94. The zero-order valence-electron chi connectivity index (χ0n) is 11.9. The molecule has 2 aromatic rings. The van der Waals surface area contributed by atoms with Crippen LogP contribution in [-0.2, 0) is 0 Å². The van der Waals surface area contributed by atoms with Gasteiger partial charge in [0.25, 0.3) is 5.69 Å². The maximum absolute atomic E-state index is 10.9. The second-order valence-corrected chi connectivity index (χ2v) is 6.09. The molecule has 0 aliphatic carbocycles. The van der Waals surface area contributed by atoms with Crippen molar-refractivity contribution in [3.8, 4) is 0 Å². The third-order valence-corrected chi connectivity index (χ3v) is 4.03. The molecule has 0 fully saturated rings. The number of nitrogens with zero attached hydrogens (tertiary/aromatic N) is 1. The number of nitro benzene ring substituents is 1. The Kier molecular flexibility index (Phi) is 4.82. The highest BCUT2D eigenvalue weighted by Gasteiger charge is 2.10. The van der Waals surface area contributed by atoms with E-state index >= 15 is 0 Å². The molecule has 0 spiro atoms. The summed E-state index contributed by atoms with van der Waals surface area (Å²) in [5.41, 5.74) is 4.26. The highest BCUT2D eigenvalue weighted by Crippen LogP contribution is 2.33. The average Bonchev–Trinajstić information content (AvgIpc) is 2.47. The van der Waals surface area contributed by atoms with Gasteiger partial charge in [0.05, 0.1) is 10.6 Å². The largest absolute Gasteiger partial charge is 0.324 e. The molecule has 0 unspecified atom stereocenters. The van der Waals surface area contributed by atoms with Crippen molar-refractivity contribution >= 4 is 23.1 Å². The molecule has 0 radical (unpaired) electrons. The fraction of sp³-hybridized carbons (Fsp3) is 0.200. The van der Waals surface area contributed by atoms with Crippen molar-refractivity contribution in [3.63, 3.8) is 0 Å². The summed E-state index contributed by atoms with van der Waals surface area (Å²) in [6, 6.07) is 12.9. The molecule has 2 aromatic carbocycles. The Morgan fingerprint density at radius 1 is 1.14 bits per heavy atom. The summed E-state index contributed by atoms with van der Waals surface area (Å²) >= 11 is 1.47. The monoisotopic (exact) mass is 303 g/mol. The number of nitrogens with one attached hydrogen (secondary N) is 1. The first kappa shape index (κ1) is 15.3. The predicted molar refractivity (Wildman–Crippen MR) is 85.6 cm³/mol. The Morgan fingerprint density at radius 2 is 1.81 bits per heavy atom. The van der Waals surface area contributed by atoms with Crippen molar-refractivity contribution in [1.82, 2.24) is 0 Å². The summed E-state index contributed by atoms with van der Waals surface area (Å²) in [5, 5.41) is 10.9. The molecule has 0 bridgehead atoms. The van der Waals surface area contributed by atoms with Crippen LogP contribution in [-0.4, -0.2) is 4.92 Å². The van der Waals surface area contributed by atoms with Gasteiger partial charge in [-0.1, -0.05) is 37.7 Å². The summed E-state index contributed by atoms with van der Waals surface area (Å²) in [4.78, 5) is 12.3. The lowest BCUT2D eigenvalue weighted by Crippen LogP contribution is -2.07. The van der Waals surface area contributed by atoms with Gasteiger partial charge in [-0.15, -0.1) is 0 Å². The Labute approximate surface area is 127 Å². The van der Waals surface area contributed by atoms with Crippen LogP contribution in [0.1, 0.15) is 25.3 Å². The van der Waals surface area contributed by atoms with E-state index in [1.54, 1.807) is 12.1 Å². The van der Waals surface area contributed by atoms with Crippen molar-refractivity contribution in [2.75, 3.05) is 5.43 Å². The highest BCUT2D eigenvalue weighted by molar-refractivity contribution is 7.99. The molecular formula is C15H17N3O2S. The molecular weight excluding hydrogens is 286 g/mol. The summed E-state index contributed by atoms with van der Waals surface area (Å²) < 4.78 is 0. The van der Waals surface area contributed by atoms with Crippen LogP contribution in [0.3, 0.4) is 0 Å². The molecule has 21 heavy (non-hydrogen) atoms. The zero-order chi connectivity index (χ0) is 15.4. The highest BCUT2D eigenvalue weighted by atomic mass is 32.2. The smallest absolute Gasteiger partial charge is 0.272 e. The van der Waals surface area contributed by atoms with Crippen molar-refractivity contribution in [2.45, 2.75) is 29.6 Å². The number of hydrazine groups is 1. The van der Waals surface area contributed by atoms with Crippen molar-refractivity contribution in [2.24, 2.45) is 5.84 Å². The lowest BCUT2D eigenvalue weighted by molar-refractivity contribution is -0.385. The van der Waals surface area contributed by atoms with E-state index in [9.17, 15) is 10.1 Å². The van der Waals surface area contributed by atoms with Crippen molar-refractivity contribution in [1.29, 1.82) is 0 Å². The Morgan fingerprint density at radius 3 is 2.33 bits per heavy atom. The number of anilines is 1. The fourth-order valence-electron chi connectivity index (χ4n) is 1.89. The lowest BCUT2D eigenvalue weighted by atomic mass is 10.0. The van der Waals surface area contributed by atoms with Gasteiger partial charge in [-0.25, -0.2) is 0 Å². The summed E-state index contributed by atoms with van der Waals surface area (Å²) in [5.74, 6) is 5.83. The van der Waals surface area contributed by atoms with Gasteiger partial charge in [0.2, 0.25) is 0 Å². The first-order chi connectivity index (χ1) is 9.99. The van der Waals surface area contributed by atoms with Gasteiger partial charge in [0.15, 0.2) is 0 Å². The van der Waals surface area contributed by atoms with E-state index in [0.717, 1.165) is 9.79 Å². The van der Waals surface area contributed by atoms with Gasteiger partial charge in [0, 0.05) is 21.9 Å². The summed E-state index contributed by atoms with van der Waals surface area (Å²) in [6.07, 6.45) is 0. The van der Waals surface area contributed by atoms with Gasteiger partial charge in [-0.2, -0.15) is 0 Å². The third kappa shape index (κ3) is 3.96. The van der Waals surface area contributed by atoms with E-state index in [1.807, 2.05) is 12.1 Å². The van der Waals surface area contributed by atoms with Crippen LogP contribution >= 0.6 is 11.8 Å². The van der Waals surface area contributed by atoms with Gasteiger partial charge < -0.3 is 5.43 Å². The molecule has 5 nitrogen and oxygen atoms in total. The van der Waals surface area contributed by atoms with E-state index < -0.39 is 4.92 Å². The molecule has 0 aliphatic rings. The molecule has 0 saturated heterocycles. The maximum atomic E-state index is 10.9. The van der Waals surface area contributed by atoms with Gasteiger partial charge >= 0.3 is 0 Å². The molecule has 0 saturated carbocycles. The van der Waals surface area contributed by atoms with Crippen LogP contribution in [0.15, 0.2) is 52.3 Å². The number of rotatable bonds is 5. The molecule has 6 heteroatoms. The third-order valence-electron chi connectivity index (χ3n) is 3.05. The molecule has 3 N–H and O–H groups in total. The molecule has 0 heterocycles. The van der Waals surface area contributed by atoms with Crippen molar-refractivity contribution < 1.29 is 4.92 Å². The Bertz CT molecular complexity index is 642.